The first-order chi connectivity index (χ1) is 16.1. The summed E-state index contributed by atoms with van der Waals surface area (Å²) in [6, 6.07) is 10.9. The molecule has 8 heteroatoms. The third-order valence-electron chi connectivity index (χ3n) is 6.27. The zero-order chi connectivity index (χ0) is 24.9. The predicted octanol–water partition coefficient (Wildman–Crippen LogP) is 5.11. The number of hydrogen-bond donors (Lipinski definition) is 2. The SMILES string of the molecule is Cc1cc(CCCN2C(=O)C(F)(F)C[C@@H]2/C=C/[C@@H](O)[C@@H](C)CCc2ccccc2)sc1C(=O)O. The van der Waals surface area contributed by atoms with Crippen molar-refractivity contribution in [1.29, 1.82) is 0 Å². The maximum Gasteiger partial charge on any atom is 0.346 e. The molecule has 1 saturated heterocycles. The van der Waals surface area contributed by atoms with Crippen molar-refractivity contribution in [2.45, 2.75) is 64.0 Å². The number of thiophene rings is 1. The molecule has 0 spiro atoms. The lowest BCUT2D eigenvalue weighted by atomic mass is 9.95. The van der Waals surface area contributed by atoms with Crippen LogP contribution in [0, 0.1) is 12.8 Å². The summed E-state index contributed by atoms with van der Waals surface area (Å²) < 4.78 is 28.3. The Labute approximate surface area is 202 Å². The number of likely N-dealkylation sites (tertiary alicyclic amines) is 1. The molecule has 5 nitrogen and oxygen atoms in total. The number of halogens is 2. The normalized spacial score (nSPS) is 19.6. The summed E-state index contributed by atoms with van der Waals surface area (Å²) in [6.07, 6.45) is 4.17. The molecule has 1 aliphatic rings. The topological polar surface area (TPSA) is 77.8 Å². The van der Waals surface area contributed by atoms with E-state index in [1.807, 2.05) is 37.3 Å². The molecule has 1 aromatic heterocycles. The lowest BCUT2D eigenvalue weighted by Gasteiger charge is -2.22. The molecule has 0 bridgehead atoms. The summed E-state index contributed by atoms with van der Waals surface area (Å²) in [6.45, 7) is 3.78. The number of alkyl halides is 2. The van der Waals surface area contributed by atoms with Gasteiger partial charge < -0.3 is 15.1 Å². The highest BCUT2D eigenvalue weighted by Gasteiger charge is 2.52. The number of aryl methyl sites for hydroxylation is 3. The minimum atomic E-state index is -3.42. The van der Waals surface area contributed by atoms with E-state index in [1.54, 1.807) is 13.0 Å². The van der Waals surface area contributed by atoms with Crippen molar-refractivity contribution >= 4 is 23.2 Å². The fourth-order valence-corrected chi connectivity index (χ4v) is 5.26. The van der Waals surface area contributed by atoms with E-state index in [0.717, 1.165) is 17.7 Å². The van der Waals surface area contributed by atoms with Gasteiger partial charge in [-0.15, -0.1) is 11.3 Å². The number of aromatic carboxylic acids is 1. The molecule has 3 rings (SSSR count). The fourth-order valence-electron chi connectivity index (χ4n) is 4.21. The number of hydrogen-bond acceptors (Lipinski definition) is 4. The van der Waals surface area contributed by atoms with Gasteiger partial charge in [0.2, 0.25) is 0 Å². The number of aliphatic hydroxyl groups is 1. The van der Waals surface area contributed by atoms with Crippen LogP contribution < -0.4 is 0 Å². The zero-order valence-corrected chi connectivity index (χ0v) is 20.2. The number of nitrogens with zero attached hydrogens (tertiary/aromatic N) is 1. The van der Waals surface area contributed by atoms with E-state index in [-0.39, 0.29) is 17.3 Å². The zero-order valence-electron chi connectivity index (χ0n) is 19.4. The van der Waals surface area contributed by atoms with Gasteiger partial charge in [-0.05, 0) is 55.7 Å². The smallest absolute Gasteiger partial charge is 0.346 e. The van der Waals surface area contributed by atoms with Gasteiger partial charge in [0.15, 0.2) is 0 Å². The Morgan fingerprint density at radius 2 is 2.00 bits per heavy atom. The van der Waals surface area contributed by atoms with Crippen LogP contribution in [-0.2, 0) is 17.6 Å². The first kappa shape index (κ1) is 26.0. The van der Waals surface area contributed by atoms with Crippen LogP contribution in [0.4, 0.5) is 8.78 Å². The van der Waals surface area contributed by atoms with Gasteiger partial charge in [-0.25, -0.2) is 4.79 Å². The Morgan fingerprint density at radius 3 is 2.65 bits per heavy atom. The summed E-state index contributed by atoms with van der Waals surface area (Å²) >= 11 is 1.17. The molecule has 1 amide bonds. The van der Waals surface area contributed by atoms with E-state index in [4.69, 9.17) is 0 Å². The molecule has 184 valence electrons. The molecule has 0 unspecified atom stereocenters. The number of rotatable bonds is 11. The van der Waals surface area contributed by atoms with Gasteiger partial charge >= 0.3 is 11.9 Å². The van der Waals surface area contributed by atoms with E-state index in [0.29, 0.717) is 18.4 Å². The molecule has 0 saturated carbocycles. The average Bonchev–Trinajstić information content (AvgIpc) is 3.28. The fraction of sp³-hybridized carbons (Fsp3) is 0.462. The molecule has 0 aliphatic carbocycles. The molecule has 2 N–H and O–H groups in total. The number of benzene rings is 1. The molecule has 1 fully saturated rings. The predicted molar refractivity (Wildman–Crippen MR) is 128 cm³/mol. The number of carbonyl (C=O) groups excluding carboxylic acids is 1. The highest BCUT2D eigenvalue weighted by molar-refractivity contribution is 7.14. The third kappa shape index (κ3) is 6.51. The van der Waals surface area contributed by atoms with Crippen LogP contribution in [-0.4, -0.2) is 51.6 Å². The monoisotopic (exact) mass is 491 g/mol. The highest BCUT2D eigenvalue weighted by atomic mass is 32.1. The maximum atomic E-state index is 14.2. The molecule has 1 aliphatic heterocycles. The van der Waals surface area contributed by atoms with Crippen LogP contribution in [0.1, 0.15) is 51.9 Å². The second-order valence-corrected chi connectivity index (χ2v) is 10.1. The van der Waals surface area contributed by atoms with E-state index in [2.05, 4.69) is 0 Å². The number of carboxylic acids is 1. The van der Waals surface area contributed by atoms with E-state index < -0.39 is 36.4 Å². The van der Waals surface area contributed by atoms with Gasteiger partial charge in [0, 0.05) is 17.8 Å². The summed E-state index contributed by atoms with van der Waals surface area (Å²) in [4.78, 5) is 25.8. The minimum absolute atomic E-state index is 0.0620. The van der Waals surface area contributed by atoms with Crippen LogP contribution in [0.15, 0.2) is 48.6 Å². The van der Waals surface area contributed by atoms with Crippen molar-refractivity contribution in [2.24, 2.45) is 5.92 Å². The van der Waals surface area contributed by atoms with Gasteiger partial charge in [-0.2, -0.15) is 8.78 Å². The summed E-state index contributed by atoms with van der Waals surface area (Å²) in [5.41, 5.74) is 1.85. The molecule has 0 radical (unpaired) electrons. The molecular formula is C26H31F2NO4S. The van der Waals surface area contributed by atoms with Crippen LogP contribution in [0.25, 0.3) is 0 Å². The van der Waals surface area contributed by atoms with Gasteiger partial charge in [0.25, 0.3) is 5.91 Å². The van der Waals surface area contributed by atoms with Crippen molar-refractivity contribution < 1.29 is 28.6 Å². The molecule has 34 heavy (non-hydrogen) atoms. The Bertz CT molecular complexity index is 1020. The summed E-state index contributed by atoms with van der Waals surface area (Å²) in [5.74, 6) is -5.66. The molecule has 3 atom stereocenters. The van der Waals surface area contributed by atoms with Gasteiger partial charge in [-0.1, -0.05) is 49.4 Å². The molecule has 2 heterocycles. The van der Waals surface area contributed by atoms with Crippen molar-refractivity contribution in [2.75, 3.05) is 6.54 Å². The summed E-state index contributed by atoms with van der Waals surface area (Å²) in [7, 11) is 0. The van der Waals surface area contributed by atoms with Crippen molar-refractivity contribution in [3.05, 3.63) is 69.4 Å². The number of amides is 1. The third-order valence-corrected chi connectivity index (χ3v) is 7.55. The molecule has 2 aromatic rings. The Morgan fingerprint density at radius 1 is 1.29 bits per heavy atom. The highest BCUT2D eigenvalue weighted by Crippen LogP contribution is 2.34. The van der Waals surface area contributed by atoms with E-state index >= 15 is 0 Å². The Hall–Kier alpha value is -2.58. The first-order valence-corrected chi connectivity index (χ1v) is 12.3. The lowest BCUT2D eigenvalue weighted by Crippen LogP contribution is -2.36. The van der Waals surface area contributed by atoms with Crippen LogP contribution in [0.2, 0.25) is 0 Å². The van der Waals surface area contributed by atoms with Crippen molar-refractivity contribution in [3.63, 3.8) is 0 Å². The quantitative estimate of drug-likeness (QED) is 0.428. The standard InChI is InChI=1S/C26H31F2NO4S/c1-17(10-11-19-7-4-3-5-8-19)22(30)13-12-20-16-26(27,28)25(33)29(20)14-6-9-21-15-18(2)23(34-21)24(31)32/h3-5,7-8,12-13,15,17,20,22,30H,6,9-11,14,16H2,1-2H3,(H,31,32)/b13-12+/t17-,20-,22+/m0/s1. The largest absolute Gasteiger partial charge is 0.477 e. The number of aliphatic hydroxyl groups excluding tert-OH is 1. The van der Waals surface area contributed by atoms with Crippen LogP contribution in [0.5, 0.6) is 0 Å². The van der Waals surface area contributed by atoms with E-state index in [1.165, 1.54) is 34.0 Å². The maximum absolute atomic E-state index is 14.2. The van der Waals surface area contributed by atoms with Crippen LogP contribution >= 0.6 is 11.3 Å². The molecule has 1 aromatic carbocycles. The van der Waals surface area contributed by atoms with Gasteiger partial charge in [-0.3, -0.25) is 4.79 Å². The Kier molecular flexibility index (Phi) is 8.60. The van der Waals surface area contributed by atoms with Gasteiger partial charge in [0.05, 0.1) is 12.1 Å². The summed E-state index contributed by atoms with van der Waals surface area (Å²) in [5, 5.41) is 19.7. The Balaban J connectivity index is 1.57. The second kappa shape index (κ2) is 11.2. The minimum Gasteiger partial charge on any atom is -0.477 e. The van der Waals surface area contributed by atoms with Crippen molar-refractivity contribution in [1.82, 2.24) is 4.90 Å². The second-order valence-electron chi connectivity index (χ2n) is 8.99. The number of carboxylic acid groups (broad SMARTS) is 1. The van der Waals surface area contributed by atoms with Gasteiger partial charge in [0.1, 0.15) is 4.88 Å². The lowest BCUT2D eigenvalue weighted by molar-refractivity contribution is -0.148. The molecular weight excluding hydrogens is 460 g/mol. The number of carbonyl (C=O) groups is 2. The van der Waals surface area contributed by atoms with Crippen LogP contribution in [0.3, 0.4) is 0 Å². The van der Waals surface area contributed by atoms with Crippen molar-refractivity contribution in [3.8, 4) is 0 Å². The first-order valence-electron chi connectivity index (χ1n) is 11.5. The van der Waals surface area contributed by atoms with E-state index in [9.17, 15) is 28.6 Å². The average molecular weight is 492 g/mol.